The average Bonchev–Trinajstić information content (AvgIpc) is 3.21. The molecule has 3 aromatic rings. The average molecular weight is 425 g/mol. The first kappa shape index (κ1) is 22.3. The van der Waals surface area contributed by atoms with Gasteiger partial charge in [0.25, 0.3) is 0 Å². The molecule has 0 radical (unpaired) electrons. The molecule has 0 unspecified atom stereocenters. The number of ether oxygens (including phenoxy) is 3. The minimum absolute atomic E-state index is 0.484. The van der Waals surface area contributed by atoms with Gasteiger partial charge in [-0.25, -0.2) is 4.99 Å². The quantitative estimate of drug-likeness (QED) is 0.360. The lowest BCUT2D eigenvalue weighted by Crippen LogP contribution is -2.38. The van der Waals surface area contributed by atoms with E-state index < -0.39 is 0 Å². The second-order valence-corrected chi connectivity index (χ2v) is 7.22. The highest BCUT2D eigenvalue weighted by atomic mass is 16.5. The topological polar surface area (TPSA) is 79.9 Å². The van der Waals surface area contributed by atoms with Gasteiger partial charge in [0.2, 0.25) is 5.75 Å². The van der Waals surface area contributed by atoms with Crippen LogP contribution in [0.3, 0.4) is 0 Å². The lowest BCUT2D eigenvalue weighted by molar-refractivity contribution is 0.324. The third-order valence-corrected chi connectivity index (χ3v) is 5.17. The predicted molar refractivity (Wildman–Crippen MR) is 126 cm³/mol. The van der Waals surface area contributed by atoms with Crippen molar-refractivity contribution in [3.8, 4) is 17.2 Å². The van der Waals surface area contributed by atoms with E-state index in [0.717, 1.165) is 31.0 Å². The number of nitrogens with zero attached hydrogens (tertiary/aromatic N) is 1. The number of aliphatic imine (C=N–C) groups is 1. The first-order valence-electron chi connectivity index (χ1n) is 10.5. The Labute approximate surface area is 183 Å². The largest absolute Gasteiger partial charge is 0.493 e. The molecule has 0 amide bonds. The molecule has 0 spiro atoms. The molecule has 7 heteroatoms. The molecule has 0 aliphatic rings. The standard InChI is InChI=1S/C24H32N4O3/c1-6-25-24(26-11-10-18-15-27-19-9-7-8-16(2)22(18)19)28-14-17-12-20(29-3)23(31-5)21(13-17)30-4/h7-9,12-13,15,27H,6,10-11,14H2,1-5H3,(H2,25,26,28). The minimum atomic E-state index is 0.484. The first-order valence-corrected chi connectivity index (χ1v) is 10.5. The van der Waals surface area contributed by atoms with E-state index in [-0.39, 0.29) is 0 Å². The lowest BCUT2D eigenvalue weighted by atomic mass is 10.1. The van der Waals surface area contributed by atoms with Crippen LogP contribution in [0.25, 0.3) is 10.9 Å². The number of nitrogens with one attached hydrogen (secondary N) is 3. The molecular weight excluding hydrogens is 392 g/mol. The van der Waals surface area contributed by atoms with E-state index in [2.05, 4.69) is 53.9 Å². The van der Waals surface area contributed by atoms with Crippen LogP contribution >= 0.6 is 0 Å². The smallest absolute Gasteiger partial charge is 0.203 e. The van der Waals surface area contributed by atoms with Crippen molar-refractivity contribution < 1.29 is 14.2 Å². The summed E-state index contributed by atoms with van der Waals surface area (Å²) in [7, 11) is 4.82. The van der Waals surface area contributed by atoms with Crippen molar-refractivity contribution in [1.82, 2.24) is 15.6 Å². The fraction of sp³-hybridized carbons (Fsp3) is 0.375. The van der Waals surface area contributed by atoms with Gasteiger partial charge in [-0.05, 0) is 55.2 Å². The first-order chi connectivity index (χ1) is 15.1. The molecule has 2 aromatic carbocycles. The summed E-state index contributed by atoms with van der Waals surface area (Å²) >= 11 is 0. The minimum Gasteiger partial charge on any atom is -0.493 e. The zero-order chi connectivity index (χ0) is 22.2. The summed E-state index contributed by atoms with van der Waals surface area (Å²) in [4.78, 5) is 8.09. The van der Waals surface area contributed by atoms with Crippen molar-refractivity contribution in [2.45, 2.75) is 26.8 Å². The van der Waals surface area contributed by atoms with Gasteiger partial charge >= 0.3 is 0 Å². The highest BCUT2D eigenvalue weighted by molar-refractivity contribution is 5.86. The van der Waals surface area contributed by atoms with Gasteiger partial charge in [-0.2, -0.15) is 0 Å². The van der Waals surface area contributed by atoms with Gasteiger partial charge in [0.05, 0.1) is 27.9 Å². The van der Waals surface area contributed by atoms with Gasteiger partial charge in [0.1, 0.15) is 0 Å². The Morgan fingerprint density at radius 3 is 2.42 bits per heavy atom. The van der Waals surface area contributed by atoms with Gasteiger partial charge in [0, 0.05) is 30.2 Å². The summed E-state index contributed by atoms with van der Waals surface area (Å²) in [5.74, 6) is 2.60. The van der Waals surface area contributed by atoms with Gasteiger partial charge in [-0.1, -0.05) is 12.1 Å². The highest BCUT2D eigenvalue weighted by Gasteiger charge is 2.13. The molecule has 1 aromatic heterocycles. The van der Waals surface area contributed by atoms with Crippen LogP contribution in [-0.2, 0) is 13.0 Å². The fourth-order valence-electron chi connectivity index (χ4n) is 3.70. The Kier molecular flexibility index (Phi) is 7.65. The summed E-state index contributed by atoms with van der Waals surface area (Å²) in [6.45, 7) is 6.25. The SMILES string of the molecule is CCNC(=NCc1cc(OC)c(OC)c(OC)c1)NCCc1c[nH]c2cccc(C)c12. The molecular formula is C24H32N4O3. The second kappa shape index (κ2) is 10.6. The number of fused-ring (bicyclic) bond motifs is 1. The van der Waals surface area contributed by atoms with Crippen molar-refractivity contribution >= 4 is 16.9 Å². The fourth-order valence-corrected chi connectivity index (χ4v) is 3.70. The molecule has 1 heterocycles. The van der Waals surface area contributed by atoms with Crippen LogP contribution in [-0.4, -0.2) is 45.4 Å². The van der Waals surface area contributed by atoms with E-state index in [1.54, 1.807) is 21.3 Å². The Hall–Kier alpha value is -3.35. The van der Waals surface area contributed by atoms with Crippen LogP contribution in [0, 0.1) is 6.92 Å². The van der Waals surface area contributed by atoms with Gasteiger partial charge in [-0.3, -0.25) is 0 Å². The van der Waals surface area contributed by atoms with Crippen molar-refractivity contribution in [2.75, 3.05) is 34.4 Å². The number of aromatic amines is 1. The summed E-state index contributed by atoms with van der Waals surface area (Å²) in [6.07, 6.45) is 3.00. The van der Waals surface area contributed by atoms with Gasteiger partial charge in [0.15, 0.2) is 17.5 Å². The molecule has 31 heavy (non-hydrogen) atoms. The zero-order valence-corrected chi connectivity index (χ0v) is 19.0. The maximum Gasteiger partial charge on any atom is 0.203 e. The summed E-state index contributed by atoms with van der Waals surface area (Å²) in [6, 6.07) is 10.2. The molecule has 0 aliphatic carbocycles. The van der Waals surface area contributed by atoms with Crippen molar-refractivity contribution in [2.24, 2.45) is 4.99 Å². The Balaban J connectivity index is 1.69. The number of hydrogen-bond donors (Lipinski definition) is 3. The molecule has 0 saturated heterocycles. The van der Waals surface area contributed by atoms with Gasteiger partial charge in [-0.15, -0.1) is 0 Å². The Morgan fingerprint density at radius 1 is 1.03 bits per heavy atom. The van der Waals surface area contributed by atoms with Gasteiger partial charge < -0.3 is 29.8 Å². The van der Waals surface area contributed by atoms with E-state index in [9.17, 15) is 0 Å². The number of rotatable bonds is 9. The zero-order valence-electron chi connectivity index (χ0n) is 19.0. The number of aryl methyl sites for hydroxylation is 1. The van der Waals surface area contributed by atoms with E-state index in [0.29, 0.717) is 23.8 Å². The Morgan fingerprint density at radius 2 is 1.77 bits per heavy atom. The van der Waals surface area contributed by atoms with Crippen molar-refractivity contribution in [1.29, 1.82) is 0 Å². The molecule has 166 valence electrons. The lowest BCUT2D eigenvalue weighted by Gasteiger charge is -2.14. The van der Waals surface area contributed by atoms with Crippen LogP contribution in [0.1, 0.15) is 23.6 Å². The third kappa shape index (κ3) is 5.23. The maximum atomic E-state index is 5.44. The summed E-state index contributed by atoms with van der Waals surface area (Å²) in [5, 5.41) is 8.05. The number of guanidine groups is 1. The molecule has 0 bridgehead atoms. The van der Waals surface area contributed by atoms with Crippen LogP contribution in [0.2, 0.25) is 0 Å². The van der Waals surface area contributed by atoms with E-state index in [1.807, 2.05) is 12.1 Å². The molecule has 3 N–H and O–H groups in total. The number of aromatic nitrogens is 1. The molecule has 0 aliphatic heterocycles. The van der Waals surface area contributed by atoms with E-state index >= 15 is 0 Å². The van der Waals surface area contributed by atoms with E-state index in [1.165, 1.54) is 22.0 Å². The van der Waals surface area contributed by atoms with Crippen molar-refractivity contribution in [3.05, 3.63) is 53.2 Å². The molecule has 0 saturated carbocycles. The third-order valence-electron chi connectivity index (χ3n) is 5.17. The summed E-state index contributed by atoms with van der Waals surface area (Å²) in [5.41, 5.74) is 4.75. The molecule has 0 atom stereocenters. The van der Waals surface area contributed by atoms with Crippen LogP contribution in [0.15, 0.2) is 41.5 Å². The molecule has 0 fully saturated rings. The number of benzene rings is 2. The monoisotopic (exact) mass is 424 g/mol. The predicted octanol–water partition coefficient (Wildman–Crippen LogP) is 3.80. The molecule has 3 rings (SSSR count). The summed E-state index contributed by atoms with van der Waals surface area (Å²) < 4.78 is 16.3. The normalized spacial score (nSPS) is 11.5. The van der Waals surface area contributed by atoms with Crippen LogP contribution in [0.4, 0.5) is 0 Å². The van der Waals surface area contributed by atoms with Crippen LogP contribution < -0.4 is 24.8 Å². The Bertz CT molecular complexity index is 1020. The van der Waals surface area contributed by atoms with Crippen molar-refractivity contribution in [3.63, 3.8) is 0 Å². The highest BCUT2D eigenvalue weighted by Crippen LogP contribution is 2.38. The van der Waals surface area contributed by atoms with Crippen LogP contribution in [0.5, 0.6) is 17.2 Å². The number of H-pyrrole nitrogens is 1. The van der Waals surface area contributed by atoms with E-state index in [4.69, 9.17) is 19.2 Å². The maximum absolute atomic E-state index is 5.44. The number of methoxy groups -OCH3 is 3. The second-order valence-electron chi connectivity index (χ2n) is 7.22. The number of hydrogen-bond acceptors (Lipinski definition) is 4. The molecule has 7 nitrogen and oxygen atoms in total.